The molecule has 212 valence electrons. The number of amides is 2. The zero-order chi connectivity index (χ0) is 29.2. The first kappa shape index (κ1) is 29.4. The maximum atomic E-state index is 13.9. The van der Waals surface area contributed by atoms with Gasteiger partial charge in [0.15, 0.2) is 0 Å². The summed E-state index contributed by atoms with van der Waals surface area (Å²) in [7, 11) is 5.19. The van der Waals surface area contributed by atoms with E-state index in [9.17, 15) is 9.59 Å². The highest BCUT2D eigenvalue weighted by atomic mass is 16.5. The number of aromatic nitrogens is 3. The minimum Gasteiger partial charge on any atom is -0.383 e. The van der Waals surface area contributed by atoms with Gasteiger partial charge in [-0.25, -0.2) is 0 Å². The Kier molecular flexibility index (Phi) is 10.2. The molecular weight excluding hydrogens is 514 g/mol. The van der Waals surface area contributed by atoms with E-state index >= 15 is 0 Å². The van der Waals surface area contributed by atoms with E-state index < -0.39 is 6.04 Å². The van der Waals surface area contributed by atoms with Gasteiger partial charge in [-0.2, -0.15) is 5.10 Å². The second-order valence-electron chi connectivity index (χ2n) is 10.0. The average molecular weight is 552 g/mol. The summed E-state index contributed by atoms with van der Waals surface area (Å²) in [5.74, 6) is -0.402. The lowest BCUT2D eigenvalue weighted by molar-refractivity contribution is -0.143. The van der Waals surface area contributed by atoms with Gasteiger partial charge < -0.3 is 14.5 Å². The number of carbonyl (C=O) groups is 2. The number of methoxy groups -OCH3 is 1. The Morgan fingerprint density at radius 2 is 1.73 bits per heavy atom. The van der Waals surface area contributed by atoms with Crippen LogP contribution in [0.25, 0.3) is 17.3 Å². The van der Waals surface area contributed by atoms with Crippen molar-refractivity contribution in [2.24, 2.45) is 7.05 Å². The molecule has 0 saturated carbocycles. The lowest BCUT2D eigenvalue weighted by Gasteiger charge is -2.33. The number of nitrogens with zero attached hydrogens (tertiary/aromatic N) is 5. The van der Waals surface area contributed by atoms with Crippen LogP contribution in [-0.2, 0) is 34.3 Å². The van der Waals surface area contributed by atoms with Crippen LogP contribution >= 0.6 is 0 Å². The number of pyridine rings is 1. The van der Waals surface area contributed by atoms with Gasteiger partial charge in [0.1, 0.15) is 6.04 Å². The van der Waals surface area contributed by atoms with Gasteiger partial charge in [0.2, 0.25) is 11.8 Å². The van der Waals surface area contributed by atoms with Gasteiger partial charge in [0.05, 0.1) is 23.7 Å². The van der Waals surface area contributed by atoms with Crippen molar-refractivity contribution in [3.63, 3.8) is 0 Å². The molecule has 0 unspecified atom stereocenters. The lowest BCUT2D eigenvalue weighted by Crippen LogP contribution is -2.51. The molecule has 0 aliphatic heterocycles. The summed E-state index contributed by atoms with van der Waals surface area (Å²) in [5, 5.41) is 4.37. The molecule has 2 aromatic heterocycles. The number of aryl methyl sites for hydroxylation is 2. The van der Waals surface area contributed by atoms with E-state index in [0.717, 1.165) is 33.8 Å². The molecule has 8 nitrogen and oxygen atoms in total. The minimum absolute atomic E-state index is 0.144. The first-order valence-corrected chi connectivity index (χ1v) is 13.6. The van der Waals surface area contributed by atoms with Gasteiger partial charge in [-0.3, -0.25) is 19.3 Å². The van der Waals surface area contributed by atoms with Crippen molar-refractivity contribution >= 4 is 17.9 Å². The standard InChI is InChI=1S/C33H37N5O3/c1-25-22-29(37(3)35-25)17-18-32(39)38(24-27-13-15-28(16-14-27)30-12-8-9-19-34-30)31(23-26-10-6-5-7-11-26)33(40)36(2)20-21-41-4/h5-19,22,31H,20-21,23-24H2,1-4H3/t31-/m0/s1. The third kappa shape index (κ3) is 7.99. The van der Waals surface area contributed by atoms with Gasteiger partial charge in [-0.15, -0.1) is 0 Å². The van der Waals surface area contributed by atoms with Crippen molar-refractivity contribution < 1.29 is 14.3 Å². The number of benzene rings is 2. The maximum absolute atomic E-state index is 13.9. The summed E-state index contributed by atoms with van der Waals surface area (Å²) >= 11 is 0. The third-order valence-electron chi connectivity index (χ3n) is 6.93. The van der Waals surface area contributed by atoms with Crippen molar-refractivity contribution in [3.8, 4) is 11.3 Å². The van der Waals surface area contributed by atoms with E-state index in [0.29, 0.717) is 19.6 Å². The Morgan fingerprint density at radius 1 is 1.00 bits per heavy atom. The fraction of sp³-hybridized carbons (Fsp3) is 0.273. The fourth-order valence-electron chi connectivity index (χ4n) is 4.65. The van der Waals surface area contributed by atoms with E-state index in [2.05, 4.69) is 10.1 Å². The van der Waals surface area contributed by atoms with Gasteiger partial charge in [0, 0.05) is 58.6 Å². The highest BCUT2D eigenvalue weighted by Gasteiger charge is 2.31. The van der Waals surface area contributed by atoms with Crippen LogP contribution in [0.15, 0.2) is 91.1 Å². The van der Waals surface area contributed by atoms with Gasteiger partial charge in [-0.05, 0) is 42.3 Å². The topological polar surface area (TPSA) is 80.6 Å². The van der Waals surface area contributed by atoms with Gasteiger partial charge >= 0.3 is 0 Å². The predicted octanol–water partition coefficient (Wildman–Crippen LogP) is 4.55. The molecule has 0 N–H and O–H groups in total. The maximum Gasteiger partial charge on any atom is 0.247 e. The van der Waals surface area contributed by atoms with Crippen molar-refractivity contribution in [2.75, 3.05) is 27.3 Å². The Bertz CT molecular complexity index is 1450. The molecule has 4 rings (SSSR count). The normalized spacial score (nSPS) is 11.9. The molecule has 41 heavy (non-hydrogen) atoms. The highest BCUT2D eigenvalue weighted by Crippen LogP contribution is 2.21. The Hall–Kier alpha value is -4.56. The van der Waals surface area contributed by atoms with Crippen LogP contribution in [-0.4, -0.2) is 69.7 Å². The number of hydrogen-bond donors (Lipinski definition) is 0. The molecule has 0 aliphatic carbocycles. The molecular formula is C33H37N5O3. The molecule has 0 saturated heterocycles. The lowest BCUT2D eigenvalue weighted by atomic mass is 10.0. The highest BCUT2D eigenvalue weighted by molar-refractivity contribution is 5.95. The van der Waals surface area contributed by atoms with E-state index in [1.54, 1.807) is 40.9 Å². The van der Waals surface area contributed by atoms with Gasteiger partial charge in [0.25, 0.3) is 0 Å². The summed E-state index contributed by atoms with van der Waals surface area (Å²) in [6, 6.07) is 24.7. The Morgan fingerprint density at radius 3 is 2.37 bits per heavy atom. The summed E-state index contributed by atoms with van der Waals surface area (Å²) in [6.07, 6.45) is 5.42. The first-order chi connectivity index (χ1) is 19.9. The molecule has 4 aromatic rings. The van der Waals surface area contributed by atoms with Crippen LogP contribution in [0.3, 0.4) is 0 Å². The van der Waals surface area contributed by atoms with Crippen LogP contribution < -0.4 is 0 Å². The first-order valence-electron chi connectivity index (χ1n) is 13.6. The molecule has 2 aromatic carbocycles. The van der Waals surface area contributed by atoms with E-state index in [-0.39, 0.29) is 18.4 Å². The van der Waals surface area contributed by atoms with Crippen LogP contribution in [0.4, 0.5) is 0 Å². The molecule has 8 heteroatoms. The molecule has 0 bridgehead atoms. The smallest absolute Gasteiger partial charge is 0.247 e. The summed E-state index contributed by atoms with van der Waals surface area (Å²) in [6.45, 7) is 3.00. The fourth-order valence-corrected chi connectivity index (χ4v) is 4.65. The SMILES string of the molecule is COCCN(C)C(=O)[C@H](Cc1ccccc1)N(Cc1ccc(-c2ccccn2)cc1)C(=O)C=Cc1cc(C)nn1C. The number of carbonyl (C=O) groups excluding carboxylic acids is 2. The second kappa shape index (κ2) is 14.2. The third-order valence-corrected chi connectivity index (χ3v) is 6.93. The average Bonchev–Trinajstić information content (AvgIpc) is 3.33. The molecule has 2 heterocycles. The zero-order valence-electron chi connectivity index (χ0n) is 24.1. The quantitative estimate of drug-likeness (QED) is 0.242. The minimum atomic E-state index is -0.722. The molecule has 0 fully saturated rings. The number of ether oxygens (including phenoxy) is 1. The summed E-state index contributed by atoms with van der Waals surface area (Å²) < 4.78 is 6.94. The van der Waals surface area contributed by atoms with Crippen LogP contribution in [0.2, 0.25) is 0 Å². The Balaban J connectivity index is 1.69. The molecule has 0 radical (unpaired) electrons. The molecule has 0 aliphatic rings. The summed E-state index contributed by atoms with van der Waals surface area (Å²) in [5.41, 5.74) is 5.40. The summed E-state index contributed by atoms with van der Waals surface area (Å²) in [4.78, 5) is 35.5. The van der Waals surface area contributed by atoms with Crippen molar-refractivity contribution in [2.45, 2.75) is 25.9 Å². The molecule has 0 spiro atoms. The van der Waals surface area contributed by atoms with E-state index in [4.69, 9.17) is 4.74 Å². The largest absolute Gasteiger partial charge is 0.383 e. The van der Waals surface area contributed by atoms with Crippen molar-refractivity contribution in [1.29, 1.82) is 0 Å². The number of rotatable bonds is 12. The van der Waals surface area contributed by atoms with E-state index in [1.165, 1.54) is 6.08 Å². The monoisotopic (exact) mass is 551 g/mol. The van der Waals surface area contributed by atoms with Gasteiger partial charge in [-0.1, -0.05) is 60.7 Å². The molecule has 1 atom stereocenters. The second-order valence-corrected chi connectivity index (χ2v) is 10.0. The zero-order valence-corrected chi connectivity index (χ0v) is 24.1. The van der Waals surface area contributed by atoms with Crippen molar-refractivity contribution in [1.82, 2.24) is 24.6 Å². The van der Waals surface area contributed by atoms with E-state index in [1.807, 2.05) is 92.8 Å². The predicted molar refractivity (Wildman–Crippen MR) is 161 cm³/mol. The van der Waals surface area contributed by atoms with Crippen LogP contribution in [0.5, 0.6) is 0 Å². The number of hydrogen-bond acceptors (Lipinski definition) is 5. The van der Waals surface area contributed by atoms with Crippen molar-refractivity contribution in [3.05, 3.63) is 114 Å². The van der Waals surface area contributed by atoms with Crippen LogP contribution in [0.1, 0.15) is 22.5 Å². The molecule has 2 amide bonds. The van der Waals surface area contributed by atoms with Crippen LogP contribution in [0, 0.1) is 6.92 Å². The Labute approximate surface area is 241 Å². The number of likely N-dealkylation sites (N-methyl/N-ethyl adjacent to an activating group) is 1.